The van der Waals surface area contributed by atoms with E-state index in [2.05, 4.69) is 36.2 Å². The van der Waals surface area contributed by atoms with Gasteiger partial charge < -0.3 is 24.8 Å². The number of carbonyl (C=O) groups is 1. The average Bonchev–Trinajstić information content (AvgIpc) is 3.37. The molecule has 4 rings (SSSR count). The second kappa shape index (κ2) is 14.8. The first kappa shape index (κ1) is 31.1. The van der Waals surface area contributed by atoms with Crippen LogP contribution in [-0.2, 0) is 16.0 Å². The predicted octanol–water partition coefficient (Wildman–Crippen LogP) is 5.72. The van der Waals surface area contributed by atoms with Crippen LogP contribution >= 0.6 is 15.9 Å². The topological polar surface area (TPSA) is 132 Å². The molecule has 1 aliphatic heterocycles. The van der Waals surface area contributed by atoms with E-state index in [1.165, 1.54) is 0 Å². The second-order valence-electron chi connectivity index (χ2n) is 10.2. The maximum atomic E-state index is 14.3. The number of amides is 1. The first-order chi connectivity index (χ1) is 20.4. The van der Waals surface area contributed by atoms with Gasteiger partial charge in [-0.05, 0) is 68.5 Å². The molecule has 0 saturated heterocycles. The fraction of sp³-hybridized carbons (Fsp3) is 0.355. The quantitative estimate of drug-likeness (QED) is 0.101. The number of aliphatic imine (C=N–C) groups is 1. The summed E-state index contributed by atoms with van der Waals surface area (Å²) in [6.07, 6.45) is 0.648. The van der Waals surface area contributed by atoms with Crippen LogP contribution in [0.15, 0.2) is 87.4 Å². The van der Waals surface area contributed by atoms with E-state index in [0.29, 0.717) is 48.0 Å². The smallest absolute Gasteiger partial charge is 0.252 e. The summed E-state index contributed by atoms with van der Waals surface area (Å²) in [6.45, 7) is 1.73. The zero-order valence-electron chi connectivity index (χ0n) is 23.7. The van der Waals surface area contributed by atoms with E-state index in [1.54, 1.807) is 30.3 Å². The van der Waals surface area contributed by atoms with Crippen molar-refractivity contribution in [2.45, 2.75) is 30.9 Å². The Morgan fingerprint density at radius 2 is 1.88 bits per heavy atom. The molecular formula is C31H35BrN6O4. The van der Waals surface area contributed by atoms with Crippen LogP contribution in [0.3, 0.4) is 0 Å². The van der Waals surface area contributed by atoms with Gasteiger partial charge in [-0.2, -0.15) is 0 Å². The molecule has 1 aliphatic rings. The summed E-state index contributed by atoms with van der Waals surface area (Å²) in [6, 6.07) is 22.1. The predicted molar refractivity (Wildman–Crippen MR) is 166 cm³/mol. The number of aliphatic hydroxyl groups is 1. The number of nitrogens with one attached hydrogen (secondary N) is 1. The summed E-state index contributed by atoms with van der Waals surface area (Å²) in [4.78, 5) is 24.4. The van der Waals surface area contributed by atoms with E-state index in [0.717, 1.165) is 23.0 Å². The van der Waals surface area contributed by atoms with Crippen LogP contribution < -0.4 is 10.1 Å². The van der Waals surface area contributed by atoms with Crippen LogP contribution in [0.1, 0.15) is 35.6 Å². The maximum absolute atomic E-state index is 14.3. The molecule has 0 spiro atoms. The van der Waals surface area contributed by atoms with Crippen LogP contribution in [0.4, 0.5) is 5.69 Å². The molecule has 10 nitrogen and oxygen atoms in total. The van der Waals surface area contributed by atoms with E-state index in [-0.39, 0.29) is 18.9 Å². The Labute approximate surface area is 254 Å². The molecule has 220 valence electrons. The highest BCUT2D eigenvalue weighted by Crippen LogP contribution is 2.46. The van der Waals surface area contributed by atoms with Crippen molar-refractivity contribution in [1.82, 2.24) is 10.2 Å². The summed E-state index contributed by atoms with van der Waals surface area (Å²) < 4.78 is 13.1. The highest BCUT2D eigenvalue weighted by molar-refractivity contribution is 9.10. The van der Waals surface area contributed by atoms with Gasteiger partial charge in [0, 0.05) is 52.2 Å². The molecule has 3 aromatic rings. The second-order valence-corrected chi connectivity index (χ2v) is 11.1. The average molecular weight is 636 g/mol. The van der Waals surface area contributed by atoms with Crippen molar-refractivity contribution < 1.29 is 19.4 Å². The zero-order valence-corrected chi connectivity index (χ0v) is 25.3. The highest BCUT2D eigenvalue weighted by atomic mass is 79.9. The van der Waals surface area contributed by atoms with Gasteiger partial charge in [-0.3, -0.25) is 4.79 Å². The fourth-order valence-corrected chi connectivity index (χ4v) is 5.22. The van der Waals surface area contributed by atoms with Crippen LogP contribution in [-0.4, -0.2) is 67.7 Å². The van der Waals surface area contributed by atoms with Crippen molar-refractivity contribution in [1.29, 1.82) is 0 Å². The number of nitrogens with zero attached hydrogens (tertiary/aromatic N) is 5. The lowest BCUT2D eigenvalue weighted by molar-refractivity contribution is -0.128. The van der Waals surface area contributed by atoms with Crippen molar-refractivity contribution in [3.05, 3.63) is 104 Å². The molecule has 2 atom stereocenters. The SMILES string of the molecule is CN(C)CCCNC(=O)[C@]1(Cc2ccccc2Br)N=C(c2ccc(OCCCO)cc2)O[C@@H]1c1ccccc1N=[N+]=[N-]. The summed E-state index contributed by atoms with van der Waals surface area (Å²) >= 11 is 3.64. The fourth-order valence-electron chi connectivity index (χ4n) is 4.79. The lowest BCUT2D eigenvalue weighted by atomic mass is 9.81. The molecule has 1 amide bonds. The molecule has 1 heterocycles. The largest absolute Gasteiger partial charge is 0.494 e. The van der Waals surface area contributed by atoms with E-state index >= 15 is 0 Å². The molecule has 0 fully saturated rings. The van der Waals surface area contributed by atoms with Crippen LogP contribution in [0.5, 0.6) is 5.75 Å². The number of hydrogen-bond donors (Lipinski definition) is 2. The zero-order chi connectivity index (χ0) is 30.0. The molecule has 0 unspecified atom stereocenters. The first-order valence-corrected chi connectivity index (χ1v) is 14.6. The Bertz CT molecular complexity index is 1440. The van der Waals surface area contributed by atoms with Crippen LogP contribution in [0.2, 0.25) is 0 Å². The molecule has 0 radical (unpaired) electrons. The lowest BCUT2D eigenvalue weighted by Crippen LogP contribution is -2.50. The molecule has 42 heavy (non-hydrogen) atoms. The van der Waals surface area contributed by atoms with Crippen LogP contribution in [0.25, 0.3) is 10.4 Å². The normalized spacial score (nSPS) is 17.7. The van der Waals surface area contributed by atoms with Gasteiger partial charge in [0.05, 0.1) is 6.61 Å². The van der Waals surface area contributed by atoms with Crippen molar-refractivity contribution >= 4 is 33.4 Å². The van der Waals surface area contributed by atoms with Gasteiger partial charge in [0.1, 0.15) is 5.75 Å². The van der Waals surface area contributed by atoms with Gasteiger partial charge in [-0.15, -0.1) is 0 Å². The number of rotatable bonds is 14. The molecule has 0 aliphatic carbocycles. The van der Waals surface area contributed by atoms with Crippen molar-refractivity contribution in [2.75, 3.05) is 40.4 Å². The third-order valence-electron chi connectivity index (χ3n) is 6.89. The third-order valence-corrected chi connectivity index (χ3v) is 7.66. The Hall–Kier alpha value is -3.89. The van der Waals surface area contributed by atoms with Gasteiger partial charge in [0.2, 0.25) is 5.90 Å². The van der Waals surface area contributed by atoms with E-state index in [4.69, 9.17) is 19.6 Å². The monoisotopic (exact) mass is 634 g/mol. The minimum Gasteiger partial charge on any atom is -0.494 e. The maximum Gasteiger partial charge on any atom is 0.252 e. The molecule has 0 bridgehead atoms. The van der Waals surface area contributed by atoms with Gasteiger partial charge in [0.25, 0.3) is 5.91 Å². The Morgan fingerprint density at radius 3 is 2.60 bits per heavy atom. The number of azide groups is 1. The number of aliphatic hydroxyl groups excluding tert-OH is 1. The van der Waals surface area contributed by atoms with Crippen molar-refractivity contribution in [2.24, 2.45) is 10.1 Å². The molecule has 0 aromatic heterocycles. The molecule has 2 N–H and O–H groups in total. The summed E-state index contributed by atoms with van der Waals surface area (Å²) in [7, 11) is 3.98. The van der Waals surface area contributed by atoms with E-state index in [1.807, 2.05) is 56.6 Å². The van der Waals surface area contributed by atoms with Gasteiger partial charge in [-0.1, -0.05) is 63.5 Å². The summed E-state index contributed by atoms with van der Waals surface area (Å²) in [5.74, 6) is 0.666. The van der Waals surface area contributed by atoms with Crippen LogP contribution in [0, 0.1) is 0 Å². The molecule has 3 aromatic carbocycles. The lowest BCUT2D eigenvalue weighted by Gasteiger charge is -2.31. The summed E-state index contributed by atoms with van der Waals surface area (Å²) in [5.41, 5.74) is 10.4. The minimum atomic E-state index is -1.41. The van der Waals surface area contributed by atoms with Crippen molar-refractivity contribution in [3.8, 4) is 5.75 Å². The van der Waals surface area contributed by atoms with Crippen molar-refractivity contribution in [3.63, 3.8) is 0 Å². The van der Waals surface area contributed by atoms with Gasteiger partial charge in [-0.25, -0.2) is 4.99 Å². The van der Waals surface area contributed by atoms with E-state index < -0.39 is 11.6 Å². The van der Waals surface area contributed by atoms with Gasteiger partial charge in [0.15, 0.2) is 11.6 Å². The molecular weight excluding hydrogens is 600 g/mol. The Kier molecular flexibility index (Phi) is 11.0. The number of carbonyl (C=O) groups excluding carboxylic acids is 1. The first-order valence-electron chi connectivity index (χ1n) is 13.8. The number of halogens is 1. The number of benzene rings is 3. The Balaban J connectivity index is 1.80. The third kappa shape index (κ3) is 7.49. The number of hydrogen-bond acceptors (Lipinski definition) is 7. The van der Waals surface area contributed by atoms with Gasteiger partial charge >= 0.3 is 0 Å². The standard InChI is InChI=1S/C31H35BrN6O4/c1-38(2)18-7-17-34-30(40)31(21-23-9-3-5-11-26(23)32)28(25-10-4-6-12-27(25)36-37-33)42-29(35-31)22-13-15-24(16-14-22)41-20-8-19-39/h3-6,9-16,28,39H,7-8,17-21H2,1-2H3,(H,34,40)/t28-,31-/m1/s1. The van der Waals surface area contributed by atoms with E-state index in [9.17, 15) is 10.3 Å². The number of ether oxygens (including phenoxy) is 2. The Morgan fingerprint density at radius 1 is 1.14 bits per heavy atom. The minimum absolute atomic E-state index is 0.0538. The summed E-state index contributed by atoms with van der Waals surface area (Å²) in [5, 5.41) is 16.1. The molecule has 11 heteroatoms. The molecule has 0 saturated carbocycles. The highest BCUT2D eigenvalue weighted by Gasteiger charge is 2.54.